The lowest BCUT2D eigenvalue weighted by Gasteiger charge is -2.16. The van der Waals surface area contributed by atoms with Gasteiger partial charge in [-0.3, -0.25) is 9.59 Å². The Morgan fingerprint density at radius 1 is 1.23 bits per heavy atom. The van der Waals surface area contributed by atoms with Gasteiger partial charge in [0.05, 0.1) is 27.7 Å². The molecule has 2 N–H and O–H groups in total. The number of carbonyl (C=O) groups is 2. The molecule has 2 amide bonds. The van der Waals surface area contributed by atoms with Crippen LogP contribution >= 0.6 is 11.3 Å². The van der Waals surface area contributed by atoms with Crippen LogP contribution in [0.3, 0.4) is 0 Å². The molecule has 0 spiro atoms. The molecule has 3 heterocycles. The zero-order chi connectivity index (χ0) is 21.4. The molecule has 1 atom stereocenters. The van der Waals surface area contributed by atoms with Gasteiger partial charge in [0.15, 0.2) is 17.5 Å². The van der Waals surface area contributed by atoms with Crippen molar-refractivity contribution in [3.63, 3.8) is 0 Å². The van der Waals surface area contributed by atoms with Crippen molar-refractivity contribution < 1.29 is 22.8 Å². The van der Waals surface area contributed by atoms with Crippen LogP contribution in [0.1, 0.15) is 22.6 Å². The van der Waals surface area contributed by atoms with Crippen molar-refractivity contribution in [3.8, 4) is 10.6 Å². The number of rotatable bonds is 4. The van der Waals surface area contributed by atoms with Gasteiger partial charge >= 0.3 is 0 Å². The Bertz CT molecular complexity index is 1100. The molecule has 3 aromatic rings. The minimum atomic E-state index is -1.59. The van der Waals surface area contributed by atoms with Gasteiger partial charge in [-0.15, -0.1) is 11.3 Å². The third kappa shape index (κ3) is 3.82. The van der Waals surface area contributed by atoms with Gasteiger partial charge in [-0.1, -0.05) is 0 Å². The normalized spacial score (nSPS) is 16.1. The molecule has 1 aliphatic heterocycles. The fraction of sp³-hybridized carbons (Fsp3) is 0.250. The molecule has 156 valence electrons. The number of hydrogen-bond donors (Lipinski definition) is 2. The molecule has 1 aliphatic rings. The molecule has 30 heavy (non-hydrogen) atoms. The van der Waals surface area contributed by atoms with E-state index < -0.39 is 29.3 Å². The maximum Gasteiger partial charge on any atom is 0.270 e. The van der Waals surface area contributed by atoms with Gasteiger partial charge in [0, 0.05) is 30.9 Å². The highest BCUT2D eigenvalue weighted by Crippen LogP contribution is 2.27. The van der Waals surface area contributed by atoms with Gasteiger partial charge < -0.3 is 15.2 Å². The number of aromatic nitrogens is 2. The molecule has 0 radical (unpaired) electrons. The lowest BCUT2D eigenvalue weighted by Crippen LogP contribution is -2.31. The molecule has 1 aromatic carbocycles. The molecule has 1 fully saturated rings. The molecule has 2 aromatic heterocycles. The van der Waals surface area contributed by atoms with E-state index in [9.17, 15) is 22.8 Å². The monoisotopic (exact) mass is 434 g/mol. The average molecular weight is 434 g/mol. The Hall–Kier alpha value is -3.14. The molecule has 10 heteroatoms. The predicted octanol–water partition coefficient (Wildman–Crippen LogP) is 3.96. The van der Waals surface area contributed by atoms with E-state index >= 15 is 0 Å². The number of hydrogen-bond acceptors (Lipinski definition) is 4. The van der Waals surface area contributed by atoms with E-state index in [0.29, 0.717) is 18.7 Å². The maximum absolute atomic E-state index is 13.3. The zero-order valence-electron chi connectivity index (χ0n) is 15.8. The Kier molecular flexibility index (Phi) is 5.33. The van der Waals surface area contributed by atoms with Crippen molar-refractivity contribution in [2.75, 3.05) is 18.4 Å². The lowest BCUT2D eigenvalue weighted by atomic mass is 10.1. The third-order valence-corrected chi connectivity index (χ3v) is 5.97. The van der Waals surface area contributed by atoms with E-state index in [4.69, 9.17) is 0 Å². The van der Waals surface area contributed by atoms with E-state index in [1.807, 2.05) is 13.0 Å². The number of halogens is 3. The van der Waals surface area contributed by atoms with Crippen molar-refractivity contribution >= 4 is 28.8 Å². The number of aryl methyl sites for hydroxylation is 1. The minimum absolute atomic E-state index is 0.171. The summed E-state index contributed by atoms with van der Waals surface area (Å²) < 4.78 is 39.7. The standard InChI is InChI=1S/C20H17F3N4O2S/c1-10-18(30-9-24-10)15-2-3-16(26-15)20(29)27-5-4-11(8-27)19(28)25-12-6-13(21)17(23)14(22)7-12/h2-3,6-7,9,11,26H,4-5,8H2,1H3,(H,25,28)/t11-/m0/s1. The summed E-state index contributed by atoms with van der Waals surface area (Å²) in [6, 6.07) is 4.94. The number of nitrogens with zero attached hydrogens (tertiary/aromatic N) is 2. The Labute approximate surface area is 173 Å². The highest BCUT2D eigenvalue weighted by molar-refractivity contribution is 7.13. The lowest BCUT2D eigenvalue weighted by molar-refractivity contribution is -0.119. The topological polar surface area (TPSA) is 78.1 Å². The smallest absolute Gasteiger partial charge is 0.270 e. The van der Waals surface area contributed by atoms with Crippen LogP contribution in [-0.2, 0) is 4.79 Å². The number of anilines is 1. The molecule has 0 saturated carbocycles. The first-order valence-corrected chi connectivity index (χ1v) is 10.1. The summed E-state index contributed by atoms with van der Waals surface area (Å²) in [5.74, 6) is -5.62. The van der Waals surface area contributed by atoms with E-state index in [2.05, 4.69) is 15.3 Å². The first kappa shape index (κ1) is 20.1. The van der Waals surface area contributed by atoms with Crippen molar-refractivity contribution in [3.05, 3.63) is 58.6 Å². The van der Waals surface area contributed by atoms with Crippen LogP contribution in [0.25, 0.3) is 10.6 Å². The molecular formula is C20H17F3N4O2S. The fourth-order valence-corrected chi connectivity index (χ4v) is 4.20. The molecule has 4 rings (SSSR count). The highest BCUT2D eigenvalue weighted by atomic mass is 32.1. The number of likely N-dealkylation sites (tertiary alicyclic amines) is 1. The summed E-state index contributed by atoms with van der Waals surface area (Å²) in [6.45, 7) is 2.43. The van der Waals surface area contributed by atoms with Gasteiger partial charge in [-0.25, -0.2) is 18.2 Å². The molecular weight excluding hydrogens is 417 g/mol. The summed E-state index contributed by atoms with van der Waals surface area (Å²) in [6.07, 6.45) is 0.408. The number of H-pyrrole nitrogens is 1. The second-order valence-electron chi connectivity index (χ2n) is 7.03. The van der Waals surface area contributed by atoms with Crippen molar-refractivity contribution in [1.82, 2.24) is 14.9 Å². The van der Waals surface area contributed by atoms with Crippen molar-refractivity contribution in [2.45, 2.75) is 13.3 Å². The number of aromatic amines is 1. The molecule has 0 unspecified atom stereocenters. The van der Waals surface area contributed by atoms with Gasteiger partial charge in [-0.05, 0) is 25.5 Å². The van der Waals surface area contributed by atoms with Crippen molar-refractivity contribution in [1.29, 1.82) is 0 Å². The number of nitrogens with one attached hydrogen (secondary N) is 2. The van der Waals surface area contributed by atoms with Crippen LogP contribution in [-0.4, -0.2) is 39.8 Å². The summed E-state index contributed by atoms with van der Waals surface area (Å²) in [7, 11) is 0. The van der Waals surface area contributed by atoms with Gasteiger partial charge in [0.2, 0.25) is 5.91 Å². The first-order valence-electron chi connectivity index (χ1n) is 9.17. The average Bonchev–Trinajstić information content (AvgIpc) is 3.45. The van der Waals surface area contributed by atoms with E-state index in [1.54, 1.807) is 16.5 Å². The molecule has 6 nitrogen and oxygen atoms in total. The Morgan fingerprint density at radius 2 is 1.97 bits per heavy atom. The van der Waals surface area contributed by atoms with Crippen molar-refractivity contribution in [2.24, 2.45) is 5.92 Å². The number of benzene rings is 1. The molecule has 1 saturated heterocycles. The van der Waals surface area contributed by atoms with E-state index in [-0.39, 0.29) is 18.1 Å². The van der Waals surface area contributed by atoms with Gasteiger partial charge in [0.25, 0.3) is 5.91 Å². The fourth-order valence-electron chi connectivity index (χ4n) is 3.41. The summed E-state index contributed by atoms with van der Waals surface area (Å²) in [4.78, 5) is 35.0. The maximum atomic E-state index is 13.3. The van der Waals surface area contributed by atoms with Crippen LogP contribution in [0.5, 0.6) is 0 Å². The second kappa shape index (κ2) is 7.94. The SMILES string of the molecule is Cc1ncsc1-c1ccc(C(=O)N2CC[C@H](C(=O)Nc3cc(F)c(F)c(F)c3)C2)[nH]1. The van der Waals surface area contributed by atoms with Crippen LogP contribution in [0.4, 0.5) is 18.9 Å². The highest BCUT2D eigenvalue weighted by Gasteiger charge is 2.32. The van der Waals surface area contributed by atoms with Gasteiger partial charge in [0.1, 0.15) is 5.69 Å². The summed E-state index contributed by atoms with van der Waals surface area (Å²) in [5, 5.41) is 2.38. The molecule has 0 bridgehead atoms. The zero-order valence-corrected chi connectivity index (χ0v) is 16.7. The van der Waals surface area contributed by atoms with E-state index in [0.717, 1.165) is 28.4 Å². The van der Waals surface area contributed by atoms with E-state index in [1.165, 1.54) is 11.3 Å². The minimum Gasteiger partial charge on any atom is -0.350 e. The largest absolute Gasteiger partial charge is 0.350 e. The van der Waals surface area contributed by atoms with Crippen LogP contribution in [0.15, 0.2) is 29.8 Å². The van der Waals surface area contributed by atoms with Crippen LogP contribution < -0.4 is 5.32 Å². The van der Waals surface area contributed by atoms with Crippen LogP contribution in [0.2, 0.25) is 0 Å². The third-order valence-electron chi connectivity index (χ3n) is 5.00. The predicted molar refractivity (Wildman–Crippen MR) is 106 cm³/mol. The Balaban J connectivity index is 1.40. The number of amides is 2. The van der Waals surface area contributed by atoms with Gasteiger partial charge in [-0.2, -0.15) is 0 Å². The first-order chi connectivity index (χ1) is 14.3. The Morgan fingerprint density at radius 3 is 2.63 bits per heavy atom. The second-order valence-corrected chi connectivity index (χ2v) is 7.89. The van der Waals surface area contributed by atoms with Crippen LogP contribution in [0, 0.1) is 30.3 Å². The number of carbonyl (C=O) groups excluding carboxylic acids is 2. The summed E-state index contributed by atoms with van der Waals surface area (Å²) >= 11 is 1.47. The quantitative estimate of drug-likeness (QED) is 0.610. The summed E-state index contributed by atoms with van der Waals surface area (Å²) in [5.41, 5.74) is 3.63. The number of thiazole rings is 1. The molecule has 0 aliphatic carbocycles.